The van der Waals surface area contributed by atoms with Gasteiger partial charge in [0.2, 0.25) is 0 Å². The van der Waals surface area contributed by atoms with E-state index in [1.165, 1.54) is 6.07 Å². The maximum atomic E-state index is 12.8. The van der Waals surface area contributed by atoms with Gasteiger partial charge in [0.1, 0.15) is 11.8 Å². The Labute approximate surface area is 102 Å². The number of piperidine rings is 1. The highest BCUT2D eigenvalue weighted by Crippen LogP contribution is 2.32. The number of rotatable bonds is 1. The number of likely N-dealkylation sites (tertiary alicyclic amines) is 1. The smallest absolute Gasteiger partial charge is 0.361 e. The molecule has 0 spiro atoms. The van der Waals surface area contributed by atoms with Crippen molar-refractivity contribution in [2.75, 3.05) is 6.54 Å². The number of hydrogen-bond acceptors (Lipinski definition) is 3. The summed E-state index contributed by atoms with van der Waals surface area (Å²) in [4.78, 5) is 12.8. The average Bonchev–Trinajstić information content (AvgIpc) is 2.74. The van der Waals surface area contributed by atoms with Crippen LogP contribution in [0.4, 0.5) is 13.2 Å². The third kappa shape index (κ3) is 2.49. The summed E-state index contributed by atoms with van der Waals surface area (Å²) in [6.45, 7) is 1.69. The Bertz CT molecular complexity index is 442. The van der Waals surface area contributed by atoms with E-state index in [1.54, 1.807) is 6.92 Å². The molecule has 1 aliphatic heterocycles. The molecule has 1 aromatic heterocycles. The molecule has 1 amide bonds. The normalized spacial score (nSPS) is 21.1. The Morgan fingerprint density at radius 1 is 1.50 bits per heavy atom. The molecule has 2 heterocycles. The molecule has 1 fully saturated rings. The number of halogens is 3. The van der Waals surface area contributed by atoms with Crippen molar-refractivity contribution < 1.29 is 22.5 Å². The second-order valence-corrected chi connectivity index (χ2v) is 4.37. The van der Waals surface area contributed by atoms with Gasteiger partial charge in [0.25, 0.3) is 5.91 Å². The second-order valence-electron chi connectivity index (χ2n) is 4.37. The minimum Gasteiger partial charge on any atom is -0.361 e. The number of carbonyl (C=O) groups excluding carboxylic acids is 1. The van der Waals surface area contributed by atoms with E-state index in [4.69, 9.17) is 4.52 Å². The van der Waals surface area contributed by atoms with Crippen molar-refractivity contribution in [3.8, 4) is 0 Å². The Kier molecular flexibility index (Phi) is 3.32. The molecule has 1 unspecified atom stereocenters. The van der Waals surface area contributed by atoms with Gasteiger partial charge in [-0.05, 0) is 26.2 Å². The van der Waals surface area contributed by atoms with Crippen molar-refractivity contribution in [3.63, 3.8) is 0 Å². The summed E-state index contributed by atoms with van der Waals surface area (Å²) in [6.07, 6.45) is -3.39. The Hall–Kier alpha value is -1.53. The summed E-state index contributed by atoms with van der Waals surface area (Å²) < 4.78 is 43.2. The van der Waals surface area contributed by atoms with Crippen LogP contribution in [0.2, 0.25) is 0 Å². The quantitative estimate of drug-likeness (QED) is 0.781. The third-order valence-electron chi connectivity index (χ3n) is 2.99. The van der Waals surface area contributed by atoms with Crippen LogP contribution in [0.1, 0.15) is 35.5 Å². The molecule has 7 heteroatoms. The highest BCUT2D eigenvalue weighted by atomic mass is 19.4. The van der Waals surface area contributed by atoms with Crippen LogP contribution in [0.25, 0.3) is 0 Å². The fraction of sp³-hybridized carbons (Fsp3) is 0.636. The first-order chi connectivity index (χ1) is 8.39. The second kappa shape index (κ2) is 4.62. The van der Waals surface area contributed by atoms with E-state index >= 15 is 0 Å². The maximum absolute atomic E-state index is 12.8. The zero-order valence-electron chi connectivity index (χ0n) is 9.83. The van der Waals surface area contributed by atoms with Crippen LogP contribution >= 0.6 is 0 Å². The van der Waals surface area contributed by atoms with Gasteiger partial charge in [-0.3, -0.25) is 4.79 Å². The lowest BCUT2D eigenvalue weighted by Gasteiger charge is -2.36. The number of aryl methyl sites for hydroxylation is 1. The largest absolute Gasteiger partial charge is 0.408 e. The summed E-state index contributed by atoms with van der Waals surface area (Å²) in [6, 6.07) is -0.361. The van der Waals surface area contributed by atoms with Crippen molar-refractivity contribution in [2.24, 2.45) is 0 Å². The first-order valence-corrected chi connectivity index (χ1v) is 5.70. The van der Waals surface area contributed by atoms with Crippen molar-refractivity contribution in [1.82, 2.24) is 10.1 Å². The van der Waals surface area contributed by atoms with E-state index in [9.17, 15) is 18.0 Å². The molecule has 2 rings (SSSR count). The fourth-order valence-corrected chi connectivity index (χ4v) is 2.13. The van der Waals surface area contributed by atoms with Gasteiger partial charge in [0.05, 0.1) is 0 Å². The van der Waals surface area contributed by atoms with E-state index in [2.05, 4.69) is 5.16 Å². The van der Waals surface area contributed by atoms with Crippen molar-refractivity contribution in [3.05, 3.63) is 17.5 Å². The molecule has 0 radical (unpaired) electrons. The van der Waals surface area contributed by atoms with Gasteiger partial charge >= 0.3 is 6.18 Å². The molecular weight excluding hydrogens is 249 g/mol. The van der Waals surface area contributed by atoms with Crippen LogP contribution in [-0.4, -0.2) is 34.7 Å². The molecule has 1 aromatic rings. The first-order valence-electron chi connectivity index (χ1n) is 5.70. The van der Waals surface area contributed by atoms with Crippen molar-refractivity contribution in [2.45, 2.75) is 38.4 Å². The molecule has 0 aliphatic carbocycles. The monoisotopic (exact) mass is 262 g/mol. The molecule has 0 N–H and O–H groups in total. The maximum Gasteiger partial charge on any atom is 0.408 e. The van der Waals surface area contributed by atoms with Gasteiger partial charge in [-0.15, -0.1) is 0 Å². The molecular formula is C11H13F3N2O2. The topological polar surface area (TPSA) is 46.3 Å². The zero-order chi connectivity index (χ0) is 13.3. The van der Waals surface area contributed by atoms with E-state index in [1.807, 2.05) is 0 Å². The van der Waals surface area contributed by atoms with Gasteiger partial charge in [0.15, 0.2) is 5.69 Å². The predicted octanol–water partition coefficient (Wildman–Crippen LogP) is 2.54. The summed E-state index contributed by atoms with van der Waals surface area (Å²) in [5.74, 6) is -0.312. The van der Waals surface area contributed by atoms with Crippen molar-refractivity contribution in [1.29, 1.82) is 0 Å². The standard InChI is InChI=1S/C11H13F3N2O2/c1-7-6-8(15-18-7)10(17)16-5-3-2-4-9(16)11(12,13)14/h6,9H,2-5H2,1H3. The molecule has 0 saturated carbocycles. The number of carbonyl (C=O) groups is 1. The minimum absolute atomic E-state index is 0.0495. The summed E-state index contributed by atoms with van der Waals surface area (Å²) in [5.41, 5.74) is -0.0661. The van der Waals surface area contributed by atoms with Crippen molar-refractivity contribution >= 4 is 5.91 Å². The Balaban J connectivity index is 2.21. The highest BCUT2D eigenvalue weighted by Gasteiger charge is 2.46. The zero-order valence-corrected chi connectivity index (χ0v) is 9.83. The number of hydrogen-bond donors (Lipinski definition) is 0. The molecule has 0 bridgehead atoms. The fourth-order valence-electron chi connectivity index (χ4n) is 2.13. The number of aromatic nitrogens is 1. The van der Waals surface area contributed by atoms with Crippen LogP contribution in [0.3, 0.4) is 0 Å². The lowest BCUT2D eigenvalue weighted by atomic mass is 10.0. The van der Waals surface area contributed by atoms with E-state index in [0.717, 1.165) is 4.90 Å². The van der Waals surface area contributed by atoms with Crippen LogP contribution in [0, 0.1) is 6.92 Å². The third-order valence-corrected chi connectivity index (χ3v) is 2.99. The molecule has 0 aromatic carbocycles. The summed E-state index contributed by atoms with van der Waals surface area (Å²) in [7, 11) is 0. The van der Waals surface area contributed by atoms with Gasteiger partial charge in [-0.25, -0.2) is 0 Å². The molecule has 100 valence electrons. The lowest BCUT2D eigenvalue weighted by Crippen LogP contribution is -2.51. The number of amides is 1. The van der Waals surface area contributed by atoms with Gasteiger partial charge in [-0.1, -0.05) is 5.16 Å². The molecule has 1 atom stereocenters. The highest BCUT2D eigenvalue weighted by molar-refractivity contribution is 5.92. The van der Waals surface area contributed by atoms with E-state index in [0.29, 0.717) is 18.6 Å². The molecule has 4 nitrogen and oxygen atoms in total. The Morgan fingerprint density at radius 2 is 2.22 bits per heavy atom. The van der Waals surface area contributed by atoms with E-state index in [-0.39, 0.29) is 18.7 Å². The minimum atomic E-state index is -4.39. The van der Waals surface area contributed by atoms with Crippen LogP contribution < -0.4 is 0 Å². The lowest BCUT2D eigenvalue weighted by molar-refractivity contribution is -0.183. The van der Waals surface area contributed by atoms with Gasteiger partial charge in [0, 0.05) is 12.6 Å². The SMILES string of the molecule is Cc1cc(C(=O)N2CCCCC2C(F)(F)F)no1. The molecule has 18 heavy (non-hydrogen) atoms. The van der Waals surface area contributed by atoms with E-state index < -0.39 is 18.1 Å². The van der Waals surface area contributed by atoms with Gasteiger partial charge in [-0.2, -0.15) is 13.2 Å². The molecule has 1 aliphatic rings. The van der Waals surface area contributed by atoms with Crippen LogP contribution in [0.15, 0.2) is 10.6 Å². The number of nitrogens with zero attached hydrogens (tertiary/aromatic N) is 2. The van der Waals surface area contributed by atoms with Crippen LogP contribution in [0.5, 0.6) is 0 Å². The summed E-state index contributed by atoms with van der Waals surface area (Å²) in [5, 5.41) is 3.47. The average molecular weight is 262 g/mol. The number of alkyl halides is 3. The first kappa shape index (κ1) is 12.9. The van der Waals surface area contributed by atoms with Crippen LogP contribution in [-0.2, 0) is 0 Å². The Morgan fingerprint density at radius 3 is 2.78 bits per heavy atom. The summed E-state index contributed by atoms with van der Waals surface area (Å²) >= 11 is 0. The predicted molar refractivity (Wildman–Crippen MR) is 56.0 cm³/mol. The molecule has 1 saturated heterocycles. The van der Waals surface area contributed by atoms with Gasteiger partial charge < -0.3 is 9.42 Å².